The Bertz CT molecular complexity index is 388. The molecule has 1 aromatic carbocycles. The van der Waals surface area contributed by atoms with Crippen molar-refractivity contribution in [2.75, 3.05) is 6.54 Å². The van der Waals surface area contributed by atoms with Crippen LogP contribution in [0.2, 0.25) is 0 Å². The first kappa shape index (κ1) is 9.47. The lowest BCUT2D eigenvalue weighted by Gasteiger charge is -2.22. The van der Waals surface area contributed by atoms with Gasteiger partial charge in [0.2, 0.25) is 0 Å². The number of rotatable bonds is 1. The van der Waals surface area contributed by atoms with E-state index in [-0.39, 0.29) is 0 Å². The van der Waals surface area contributed by atoms with E-state index in [0.717, 1.165) is 12.8 Å². The summed E-state index contributed by atoms with van der Waals surface area (Å²) in [5, 5.41) is 0. The first-order chi connectivity index (χ1) is 6.74. The van der Waals surface area contributed by atoms with Gasteiger partial charge in [0.05, 0.1) is 0 Å². The monoisotopic (exact) mass is 187 g/mol. The molecule has 1 aliphatic carbocycles. The molecular weight excluding hydrogens is 170 g/mol. The Labute approximate surface area is 85.6 Å². The van der Waals surface area contributed by atoms with E-state index in [2.05, 4.69) is 32.0 Å². The smallest absolute Gasteiger partial charge is 0.0142 e. The molecule has 2 N–H and O–H groups in total. The number of aryl methyl sites for hydroxylation is 1. The van der Waals surface area contributed by atoms with E-state index in [1.54, 1.807) is 0 Å². The van der Waals surface area contributed by atoms with Crippen molar-refractivity contribution in [1.82, 2.24) is 0 Å². The molecular formula is C13H17N. The van der Waals surface area contributed by atoms with Gasteiger partial charge in [-0.2, -0.15) is 0 Å². The lowest BCUT2D eigenvalue weighted by Crippen LogP contribution is -2.12. The Morgan fingerprint density at radius 3 is 2.71 bits per heavy atom. The standard InChI is InChI=1S/C13H17N/c1-9-4-3-5-13-10(2)11(8-14)6-7-12(9)13/h3-5H,6-8,14H2,1-2H3. The van der Waals surface area contributed by atoms with Crippen LogP contribution in [0.3, 0.4) is 0 Å². The highest BCUT2D eigenvalue weighted by Gasteiger charge is 2.15. The fourth-order valence-corrected chi connectivity index (χ4v) is 2.29. The van der Waals surface area contributed by atoms with Gasteiger partial charge < -0.3 is 5.73 Å². The summed E-state index contributed by atoms with van der Waals surface area (Å²) >= 11 is 0. The second-order valence-electron chi connectivity index (χ2n) is 4.03. The second-order valence-corrected chi connectivity index (χ2v) is 4.03. The van der Waals surface area contributed by atoms with Crippen molar-refractivity contribution in [1.29, 1.82) is 0 Å². The number of benzene rings is 1. The maximum absolute atomic E-state index is 5.73. The molecule has 0 unspecified atom stereocenters. The quantitative estimate of drug-likeness (QED) is 0.718. The van der Waals surface area contributed by atoms with Crippen LogP contribution in [0.1, 0.15) is 30.0 Å². The molecule has 0 heterocycles. The third-order valence-electron chi connectivity index (χ3n) is 3.27. The molecule has 0 saturated carbocycles. The van der Waals surface area contributed by atoms with E-state index in [9.17, 15) is 0 Å². The molecule has 0 bridgehead atoms. The van der Waals surface area contributed by atoms with Gasteiger partial charge in [-0.25, -0.2) is 0 Å². The zero-order chi connectivity index (χ0) is 10.1. The summed E-state index contributed by atoms with van der Waals surface area (Å²) in [6.07, 6.45) is 2.30. The predicted octanol–water partition coefficient (Wildman–Crippen LogP) is 2.67. The Morgan fingerprint density at radius 2 is 2.00 bits per heavy atom. The highest BCUT2D eigenvalue weighted by molar-refractivity contribution is 5.72. The second kappa shape index (κ2) is 3.58. The normalized spacial score (nSPS) is 15.6. The van der Waals surface area contributed by atoms with Crippen molar-refractivity contribution in [3.8, 4) is 0 Å². The van der Waals surface area contributed by atoms with Crippen LogP contribution in [-0.2, 0) is 6.42 Å². The Balaban J connectivity index is 2.58. The minimum absolute atomic E-state index is 0.708. The Morgan fingerprint density at radius 1 is 1.21 bits per heavy atom. The summed E-state index contributed by atoms with van der Waals surface area (Å²) in [5.41, 5.74) is 12.9. The van der Waals surface area contributed by atoms with Crippen molar-refractivity contribution < 1.29 is 0 Å². The molecule has 0 aliphatic heterocycles. The lowest BCUT2D eigenvalue weighted by molar-refractivity contribution is 0.874. The summed E-state index contributed by atoms with van der Waals surface area (Å²) in [7, 11) is 0. The van der Waals surface area contributed by atoms with E-state index < -0.39 is 0 Å². The van der Waals surface area contributed by atoms with Crippen LogP contribution in [0, 0.1) is 6.92 Å². The number of hydrogen-bond acceptors (Lipinski definition) is 1. The van der Waals surface area contributed by atoms with Crippen LogP contribution >= 0.6 is 0 Å². The SMILES string of the molecule is CC1=C(CN)CCc2c(C)cccc21. The fourth-order valence-electron chi connectivity index (χ4n) is 2.29. The average molecular weight is 187 g/mol. The molecule has 0 saturated heterocycles. The average Bonchev–Trinajstić information content (AvgIpc) is 2.20. The molecule has 1 nitrogen and oxygen atoms in total. The first-order valence-corrected chi connectivity index (χ1v) is 5.21. The number of nitrogens with two attached hydrogens (primary N) is 1. The van der Waals surface area contributed by atoms with E-state index in [1.165, 1.54) is 27.8 Å². The maximum Gasteiger partial charge on any atom is 0.0142 e. The zero-order valence-corrected chi connectivity index (χ0v) is 8.93. The Kier molecular flexibility index (Phi) is 2.42. The van der Waals surface area contributed by atoms with Gasteiger partial charge in [-0.05, 0) is 49.0 Å². The van der Waals surface area contributed by atoms with Gasteiger partial charge in [0.1, 0.15) is 0 Å². The van der Waals surface area contributed by atoms with Gasteiger partial charge in [0.25, 0.3) is 0 Å². The van der Waals surface area contributed by atoms with E-state index in [4.69, 9.17) is 5.73 Å². The summed E-state index contributed by atoms with van der Waals surface area (Å²) in [6.45, 7) is 5.10. The van der Waals surface area contributed by atoms with E-state index >= 15 is 0 Å². The molecule has 1 heteroatoms. The van der Waals surface area contributed by atoms with Gasteiger partial charge in [-0.3, -0.25) is 0 Å². The van der Waals surface area contributed by atoms with Crippen molar-refractivity contribution in [3.63, 3.8) is 0 Å². The van der Waals surface area contributed by atoms with Crippen LogP contribution in [0.5, 0.6) is 0 Å². The van der Waals surface area contributed by atoms with Crippen LogP contribution in [0.4, 0.5) is 0 Å². The molecule has 74 valence electrons. The molecule has 0 amide bonds. The van der Waals surface area contributed by atoms with E-state index in [0.29, 0.717) is 6.54 Å². The Hall–Kier alpha value is -1.08. The first-order valence-electron chi connectivity index (χ1n) is 5.21. The molecule has 1 aliphatic rings. The fraction of sp³-hybridized carbons (Fsp3) is 0.385. The van der Waals surface area contributed by atoms with Crippen LogP contribution in [-0.4, -0.2) is 6.54 Å². The minimum atomic E-state index is 0.708. The van der Waals surface area contributed by atoms with Crippen molar-refractivity contribution in [2.24, 2.45) is 5.73 Å². The van der Waals surface area contributed by atoms with Crippen molar-refractivity contribution in [3.05, 3.63) is 40.5 Å². The van der Waals surface area contributed by atoms with Crippen LogP contribution < -0.4 is 5.73 Å². The van der Waals surface area contributed by atoms with E-state index in [1.807, 2.05) is 0 Å². The predicted molar refractivity (Wildman–Crippen MR) is 61.1 cm³/mol. The largest absolute Gasteiger partial charge is 0.327 e. The summed E-state index contributed by atoms with van der Waals surface area (Å²) in [4.78, 5) is 0. The number of allylic oxidation sites excluding steroid dienone is 1. The lowest BCUT2D eigenvalue weighted by atomic mass is 9.84. The summed E-state index contributed by atoms with van der Waals surface area (Å²) in [5.74, 6) is 0. The van der Waals surface area contributed by atoms with Crippen LogP contribution in [0.15, 0.2) is 23.8 Å². The maximum atomic E-state index is 5.73. The number of fused-ring (bicyclic) bond motifs is 1. The topological polar surface area (TPSA) is 26.0 Å². The van der Waals surface area contributed by atoms with Gasteiger partial charge in [-0.15, -0.1) is 0 Å². The zero-order valence-electron chi connectivity index (χ0n) is 8.93. The minimum Gasteiger partial charge on any atom is -0.327 e. The molecule has 14 heavy (non-hydrogen) atoms. The van der Waals surface area contributed by atoms with Gasteiger partial charge in [0, 0.05) is 6.54 Å². The van der Waals surface area contributed by atoms with Gasteiger partial charge in [-0.1, -0.05) is 23.8 Å². The highest BCUT2D eigenvalue weighted by Crippen LogP contribution is 2.31. The molecule has 2 rings (SSSR count). The molecule has 0 spiro atoms. The van der Waals surface area contributed by atoms with Crippen LogP contribution in [0.25, 0.3) is 5.57 Å². The molecule has 0 atom stereocenters. The summed E-state index contributed by atoms with van der Waals surface area (Å²) < 4.78 is 0. The van der Waals surface area contributed by atoms with Gasteiger partial charge >= 0.3 is 0 Å². The third kappa shape index (κ3) is 1.38. The molecule has 0 aromatic heterocycles. The highest BCUT2D eigenvalue weighted by atomic mass is 14.5. The number of hydrogen-bond donors (Lipinski definition) is 1. The summed E-state index contributed by atoms with van der Waals surface area (Å²) in [6, 6.07) is 6.54. The van der Waals surface area contributed by atoms with Crippen molar-refractivity contribution >= 4 is 5.57 Å². The van der Waals surface area contributed by atoms with Gasteiger partial charge in [0.15, 0.2) is 0 Å². The molecule has 0 radical (unpaired) electrons. The van der Waals surface area contributed by atoms with Crippen molar-refractivity contribution in [2.45, 2.75) is 26.7 Å². The molecule has 1 aromatic rings. The third-order valence-corrected chi connectivity index (χ3v) is 3.27. The molecule has 0 fully saturated rings.